The zero-order valence-corrected chi connectivity index (χ0v) is 21.2. The van der Waals surface area contributed by atoms with Crippen LogP contribution < -0.4 is 15.6 Å². The number of carbonyl (C=O) groups excluding carboxylic acids is 2. The summed E-state index contributed by atoms with van der Waals surface area (Å²) in [5, 5.41) is 2.89. The van der Waals surface area contributed by atoms with Gasteiger partial charge in [0.2, 0.25) is 10.0 Å². The second-order valence-electron chi connectivity index (χ2n) is 9.70. The highest BCUT2D eigenvalue weighted by molar-refractivity contribution is 7.91. The van der Waals surface area contributed by atoms with Crippen LogP contribution >= 0.6 is 0 Å². The maximum atomic E-state index is 13.2. The molecule has 37 heavy (non-hydrogen) atoms. The van der Waals surface area contributed by atoms with Gasteiger partial charge in [0, 0.05) is 42.5 Å². The molecule has 2 atom stereocenters. The molecule has 0 aliphatic carbocycles. The third kappa shape index (κ3) is 5.43. The highest BCUT2D eigenvalue weighted by Crippen LogP contribution is 2.35. The van der Waals surface area contributed by atoms with Gasteiger partial charge in [0.25, 0.3) is 5.56 Å². The summed E-state index contributed by atoms with van der Waals surface area (Å²) in [6, 6.07) is 18.6. The number of Topliss-reactive ketones (excluding diaryl/α,β-unsaturated/α-hetero) is 1. The van der Waals surface area contributed by atoms with Gasteiger partial charge in [-0.3, -0.25) is 14.3 Å². The van der Waals surface area contributed by atoms with E-state index in [0.29, 0.717) is 36.4 Å². The Balaban J connectivity index is 1.29. The fourth-order valence-corrected chi connectivity index (χ4v) is 6.37. The van der Waals surface area contributed by atoms with E-state index in [1.807, 2.05) is 6.07 Å². The van der Waals surface area contributed by atoms with E-state index < -0.39 is 10.0 Å². The van der Waals surface area contributed by atoms with Crippen LogP contribution in [0.1, 0.15) is 40.9 Å². The molecule has 2 unspecified atom stereocenters. The summed E-state index contributed by atoms with van der Waals surface area (Å²) >= 11 is 0. The molecule has 2 aliphatic heterocycles. The normalized spacial score (nSPS) is 18.6. The van der Waals surface area contributed by atoms with Crippen molar-refractivity contribution in [2.45, 2.75) is 31.6 Å². The summed E-state index contributed by atoms with van der Waals surface area (Å²) < 4.78 is 29.5. The molecule has 3 heterocycles. The van der Waals surface area contributed by atoms with Crippen molar-refractivity contribution in [2.24, 2.45) is 5.92 Å². The summed E-state index contributed by atoms with van der Waals surface area (Å²) in [5.41, 5.74) is 2.28. The summed E-state index contributed by atoms with van der Waals surface area (Å²) in [6.07, 6.45) is 0.857. The van der Waals surface area contributed by atoms with Gasteiger partial charge in [0.15, 0.2) is 5.78 Å². The number of hydrogen-bond acceptors (Lipinski definition) is 5. The van der Waals surface area contributed by atoms with E-state index in [2.05, 4.69) is 10.0 Å². The fourth-order valence-electron chi connectivity index (χ4n) is 5.18. The Morgan fingerprint density at radius 3 is 2.38 bits per heavy atom. The molecule has 2 N–H and O–H groups in total. The van der Waals surface area contributed by atoms with Crippen LogP contribution in [-0.2, 0) is 22.3 Å². The second kappa shape index (κ2) is 9.85. The zero-order valence-electron chi connectivity index (χ0n) is 20.4. The Bertz CT molecular complexity index is 1500. The number of hydrogen-bond donors (Lipinski definition) is 2. The predicted octanol–water partition coefficient (Wildman–Crippen LogP) is 3.64. The van der Waals surface area contributed by atoms with Gasteiger partial charge in [-0.1, -0.05) is 30.3 Å². The van der Waals surface area contributed by atoms with E-state index in [1.165, 1.54) is 13.0 Å². The van der Waals surface area contributed by atoms with E-state index in [9.17, 15) is 22.8 Å². The van der Waals surface area contributed by atoms with E-state index in [0.717, 1.165) is 12.1 Å². The summed E-state index contributed by atoms with van der Waals surface area (Å²) in [4.78, 5) is 39.4. The Hall–Kier alpha value is -3.92. The largest absolute Gasteiger partial charge is 0.324 e. The number of fused-ring (bicyclic) bond motifs is 4. The van der Waals surface area contributed by atoms with E-state index in [4.69, 9.17) is 0 Å². The van der Waals surface area contributed by atoms with Crippen LogP contribution in [0.25, 0.3) is 0 Å². The van der Waals surface area contributed by atoms with Crippen LogP contribution in [0.3, 0.4) is 0 Å². The number of rotatable bonds is 6. The smallest absolute Gasteiger partial charge is 0.321 e. The van der Waals surface area contributed by atoms with Crippen molar-refractivity contribution in [3.63, 3.8) is 0 Å². The number of benzene rings is 2. The molecule has 1 saturated heterocycles. The molecule has 0 radical (unpaired) electrons. The highest BCUT2D eigenvalue weighted by atomic mass is 32.2. The molecule has 2 aromatic carbocycles. The van der Waals surface area contributed by atoms with Gasteiger partial charge in [0.05, 0.1) is 5.75 Å². The number of urea groups is 1. The number of ketones is 1. The molecule has 2 bridgehead atoms. The maximum absolute atomic E-state index is 13.2. The summed E-state index contributed by atoms with van der Waals surface area (Å²) in [7, 11) is -3.76. The molecule has 3 aromatic rings. The standard InChI is InChI=1S/C27H28N4O5S/c1-18(32)21-7-9-23(10-8-21)28-27(34)30-14-20-13-22(16-30)25-12-11-24(26(33)31(25)15-20)29-37(35,36)17-19-5-3-2-4-6-19/h2-12,20,22,29H,13-17H2,1H3,(H,28,34). The molecular formula is C27H28N4O5S. The van der Waals surface area contributed by atoms with Crippen molar-refractivity contribution in [2.75, 3.05) is 23.1 Å². The SMILES string of the molecule is CC(=O)c1ccc(NC(=O)N2CC3CC(C2)c2ccc(NS(=O)(=O)Cc4ccccc4)c(=O)n2C3)cc1. The molecule has 0 spiro atoms. The number of nitrogens with one attached hydrogen (secondary N) is 2. The van der Waals surface area contributed by atoms with E-state index >= 15 is 0 Å². The topological polar surface area (TPSA) is 118 Å². The number of aromatic nitrogens is 1. The van der Waals surface area contributed by atoms with Crippen LogP contribution in [0.4, 0.5) is 16.2 Å². The van der Waals surface area contributed by atoms with Crippen LogP contribution in [0.15, 0.2) is 71.5 Å². The van der Waals surface area contributed by atoms with Gasteiger partial charge in [-0.25, -0.2) is 13.2 Å². The number of pyridine rings is 1. The molecular weight excluding hydrogens is 492 g/mol. The van der Waals surface area contributed by atoms with Gasteiger partial charge >= 0.3 is 6.03 Å². The predicted molar refractivity (Wildman–Crippen MR) is 141 cm³/mol. The second-order valence-corrected chi connectivity index (χ2v) is 11.4. The van der Waals surface area contributed by atoms with Gasteiger partial charge in [-0.05, 0) is 61.2 Å². The minimum Gasteiger partial charge on any atom is -0.324 e. The first-order valence-corrected chi connectivity index (χ1v) is 13.8. The van der Waals surface area contributed by atoms with Crippen molar-refractivity contribution >= 4 is 33.2 Å². The lowest BCUT2D eigenvalue weighted by Gasteiger charge is -2.42. The van der Waals surface area contributed by atoms with Crippen molar-refractivity contribution in [3.05, 3.63) is 93.9 Å². The number of sulfonamides is 1. The first-order valence-electron chi connectivity index (χ1n) is 12.1. The Morgan fingerprint density at radius 1 is 0.946 bits per heavy atom. The Kier molecular flexibility index (Phi) is 6.59. The first-order chi connectivity index (χ1) is 17.7. The zero-order chi connectivity index (χ0) is 26.2. The molecule has 1 fully saturated rings. The molecule has 5 rings (SSSR count). The minimum absolute atomic E-state index is 0.0268. The number of nitrogens with zero attached hydrogens (tertiary/aromatic N) is 2. The molecule has 9 nitrogen and oxygen atoms in total. The molecule has 0 saturated carbocycles. The molecule has 2 amide bonds. The van der Waals surface area contributed by atoms with Crippen molar-refractivity contribution in [1.29, 1.82) is 0 Å². The molecule has 1 aromatic heterocycles. The third-order valence-electron chi connectivity index (χ3n) is 6.90. The van der Waals surface area contributed by atoms with E-state index in [1.54, 1.807) is 64.1 Å². The highest BCUT2D eigenvalue weighted by Gasteiger charge is 2.37. The number of likely N-dealkylation sites (tertiary alicyclic amines) is 1. The quantitative estimate of drug-likeness (QED) is 0.481. The Morgan fingerprint density at radius 2 is 1.68 bits per heavy atom. The van der Waals surface area contributed by atoms with Crippen molar-refractivity contribution in [3.8, 4) is 0 Å². The number of anilines is 2. The van der Waals surface area contributed by atoms with Crippen LogP contribution in [-0.4, -0.2) is 42.8 Å². The summed E-state index contributed by atoms with van der Waals surface area (Å²) in [5.74, 6) is -0.211. The van der Waals surface area contributed by atoms with Crippen LogP contribution in [0.5, 0.6) is 0 Å². The van der Waals surface area contributed by atoms with Crippen molar-refractivity contribution in [1.82, 2.24) is 9.47 Å². The van der Waals surface area contributed by atoms with Gasteiger partial charge in [-0.15, -0.1) is 0 Å². The molecule has 2 aliphatic rings. The van der Waals surface area contributed by atoms with Gasteiger partial charge in [0.1, 0.15) is 5.69 Å². The van der Waals surface area contributed by atoms with Gasteiger partial charge in [-0.2, -0.15) is 0 Å². The fraction of sp³-hybridized carbons (Fsp3) is 0.296. The number of carbonyl (C=O) groups is 2. The van der Waals surface area contributed by atoms with E-state index in [-0.39, 0.29) is 40.6 Å². The van der Waals surface area contributed by atoms with Gasteiger partial charge < -0.3 is 14.8 Å². The van der Waals surface area contributed by atoms with Crippen LogP contribution in [0, 0.1) is 5.92 Å². The first kappa shape index (κ1) is 24.8. The monoisotopic (exact) mass is 520 g/mol. The maximum Gasteiger partial charge on any atom is 0.321 e. The molecule has 192 valence electrons. The summed E-state index contributed by atoms with van der Waals surface area (Å²) in [6.45, 7) is 2.85. The lowest BCUT2D eigenvalue weighted by molar-refractivity contribution is 0.101. The molecule has 10 heteroatoms. The average Bonchev–Trinajstić information content (AvgIpc) is 2.86. The minimum atomic E-state index is -3.76. The lowest BCUT2D eigenvalue weighted by atomic mass is 9.83. The Labute approximate surface area is 215 Å². The van der Waals surface area contributed by atoms with Crippen LogP contribution in [0.2, 0.25) is 0 Å². The third-order valence-corrected chi connectivity index (χ3v) is 8.14. The average molecular weight is 521 g/mol. The van der Waals surface area contributed by atoms with Crippen molar-refractivity contribution < 1.29 is 18.0 Å². The number of amides is 2. The lowest BCUT2D eigenvalue weighted by Crippen LogP contribution is -2.50. The number of piperidine rings is 1.